The molecule has 1 atom stereocenters. The van der Waals surface area contributed by atoms with Crippen LogP contribution in [0.4, 0.5) is 17.3 Å². The second kappa shape index (κ2) is 11.6. The number of rotatable bonds is 9. The fourth-order valence-electron chi connectivity index (χ4n) is 4.28. The summed E-state index contributed by atoms with van der Waals surface area (Å²) in [5, 5.41) is 12.0. The highest BCUT2D eigenvalue weighted by Gasteiger charge is 2.22. The van der Waals surface area contributed by atoms with Gasteiger partial charge in [-0.2, -0.15) is 0 Å². The SMILES string of the molecule is O=C(O)CCC(=O)N1CCN(c2ccc(Nc3ncc(Br)c(CCC4CCCO4)n3)cc2)CC1. The molecule has 2 fully saturated rings. The van der Waals surface area contributed by atoms with Gasteiger partial charge in [0.05, 0.1) is 22.7 Å². The van der Waals surface area contributed by atoms with Crippen molar-refractivity contribution in [3.05, 3.63) is 40.6 Å². The number of halogens is 1. The van der Waals surface area contributed by atoms with Crippen LogP contribution in [0.2, 0.25) is 0 Å². The first-order valence-electron chi connectivity index (χ1n) is 11.7. The van der Waals surface area contributed by atoms with E-state index in [4.69, 9.17) is 9.84 Å². The molecule has 0 bridgehead atoms. The standard InChI is InChI=1S/C24H30BrN5O4/c25-20-16-26-24(28-21(20)8-7-19-2-1-15-34-19)27-17-3-5-18(6-4-17)29-11-13-30(14-12-29)22(31)9-10-23(32)33/h3-6,16,19H,1-2,7-15H2,(H,32,33)(H,26,27,28). The molecular weight excluding hydrogens is 502 g/mol. The normalized spacial score (nSPS) is 18.2. The number of anilines is 3. The third-order valence-corrected chi connectivity index (χ3v) is 6.88. The Morgan fingerprint density at radius 3 is 2.59 bits per heavy atom. The molecule has 1 aromatic heterocycles. The van der Waals surface area contributed by atoms with Gasteiger partial charge in [0, 0.05) is 56.8 Å². The molecule has 0 radical (unpaired) electrons. The number of aromatic nitrogens is 2. The molecule has 0 saturated carbocycles. The minimum atomic E-state index is -0.941. The van der Waals surface area contributed by atoms with Crippen LogP contribution in [0.5, 0.6) is 0 Å². The Balaban J connectivity index is 1.29. The van der Waals surface area contributed by atoms with Gasteiger partial charge in [-0.25, -0.2) is 9.97 Å². The van der Waals surface area contributed by atoms with Crippen molar-refractivity contribution in [2.75, 3.05) is 43.0 Å². The maximum Gasteiger partial charge on any atom is 0.303 e. The molecule has 182 valence electrons. The number of aliphatic carboxylic acids is 1. The highest BCUT2D eigenvalue weighted by atomic mass is 79.9. The molecule has 0 aliphatic carbocycles. The Kier molecular flexibility index (Phi) is 8.34. The predicted molar refractivity (Wildman–Crippen MR) is 132 cm³/mol. The highest BCUT2D eigenvalue weighted by molar-refractivity contribution is 9.10. The first kappa shape index (κ1) is 24.4. The largest absolute Gasteiger partial charge is 0.481 e. The maximum atomic E-state index is 12.1. The summed E-state index contributed by atoms with van der Waals surface area (Å²) in [4.78, 5) is 35.9. The minimum absolute atomic E-state index is 0.0594. The zero-order chi connectivity index (χ0) is 23.9. The second-order valence-electron chi connectivity index (χ2n) is 8.60. The quantitative estimate of drug-likeness (QED) is 0.505. The van der Waals surface area contributed by atoms with Gasteiger partial charge in [0.1, 0.15) is 0 Å². The van der Waals surface area contributed by atoms with Crippen LogP contribution in [0.25, 0.3) is 0 Å². The van der Waals surface area contributed by atoms with E-state index in [1.165, 1.54) is 0 Å². The number of aryl methyl sites for hydroxylation is 1. The van der Waals surface area contributed by atoms with E-state index in [1.54, 1.807) is 11.1 Å². The zero-order valence-corrected chi connectivity index (χ0v) is 20.7. The number of nitrogens with one attached hydrogen (secondary N) is 1. The number of nitrogens with zero attached hydrogens (tertiary/aromatic N) is 4. The molecule has 10 heteroatoms. The van der Waals surface area contributed by atoms with Crippen molar-refractivity contribution < 1.29 is 19.4 Å². The van der Waals surface area contributed by atoms with Gasteiger partial charge < -0.3 is 25.0 Å². The van der Waals surface area contributed by atoms with Gasteiger partial charge in [0.25, 0.3) is 0 Å². The monoisotopic (exact) mass is 531 g/mol. The van der Waals surface area contributed by atoms with Gasteiger partial charge in [-0.3, -0.25) is 9.59 Å². The van der Waals surface area contributed by atoms with Gasteiger partial charge in [-0.15, -0.1) is 0 Å². The Labute approximate surface area is 207 Å². The van der Waals surface area contributed by atoms with Crippen molar-refractivity contribution >= 4 is 45.1 Å². The fraction of sp³-hybridized carbons (Fsp3) is 0.500. The van der Waals surface area contributed by atoms with Crippen molar-refractivity contribution in [1.29, 1.82) is 0 Å². The number of carbonyl (C=O) groups excluding carboxylic acids is 1. The van der Waals surface area contributed by atoms with Crippen LogP contribution < -0.4 is 10.2 Å². The summed E-state index contributed by atoms with van der Waals surface area (Å²) in [6.07, 6.45) is 6.11. The Hall–Kier alpha value is -2.72. The maximum absolute atomic E-state index is 12.1. The van der Waals surface area contributed by atoms with Crippen molar-refractivity contribution in [2.24, 2.45) is 0 Å². The third-order valence-electron chi connectivity index (χ3n) is 6.22. The van der Waals surface area contributed by atoms with E-state index in [9.17, 15) is 9.59 Å². The van der Waals surface area contributed by atoms with E-state index in [2.05, 4.69) is 36.1 Å². The van der Waals surface area contributed by atoms with Crippen molar-refractivity contribution in [3.8, 4) is 0 Å². The number of benzene rings is 1. The van der Waals surface area contributed by atoms with Crippen LogP contribution in [0, 0.1) is 0 Å². The molecule has 3 heterocycles. The fourth-order valence-corrected chi connectivity index (χ4v) is 4.67. The van der Waals surface area contributed by atoms with E-state index in [1.807, 2.05) is 24.3 Å². The lowest BCUT2D eigenvalue weighted by molar-refractivity contribution is -0.141. The van der Waals surface area contributed by atoms with E-state index in [0.717, 1.165) is 66.9 Å². The van der Waals surface area contributed by atoms with Crippen LogP contribution in [0.3, 0.4) is 0 Å². The molecule has 2 saturated heterocycles. The minimum Gasteiger partial charge on any atom is -0.481 e. The van der Waals surface area contributed by atoms with Gasteiger partial charge in [-0.05, 0) is 65.9 Å². The molecular formula is C24H30BrN5O4. The van der Waals surface area contributed by atoms with Crippen LogP contribution in [0.15, 0.2) is 34.9 Å². The summed E-state index contributed by atoms with van der Waals surface area (Å²) in [7, 11) is 0. The lowest BCUT2D eigenvalue weighted by Crippen LogP contribution is -2.48. The molecule has 9 nitrogen and oxygen atoms in total. The molecule has 1 amide bonds. The molecule has 2 aliphatic heterocycles. The molecule has 0 spiro atoms. The van der Waals surface area contributed by atoms with Crippen LogP contribution in [-0.4, -0.2) is 70.7 Å². The van der Waals surface area contributed by atoms with Gasteiger partial charge >= 0.3 is 5.97 Å². The molecule has 1 unspecified atom stereocenters. The predicted octanol–water partition coefficient (Wildman–Crippen LogP) is 3.61. The van der Waals surface area contributed by atoms with Crippen LogP contribution in [0.1, 0.15) is 37.8 Å². The van der Waals surface area contributed by atoms with E-state index < -0.39 is 5.97 Å². The molecule has 2 aromatic rings. The Morgan fingerprint density at radius 1 is 1.15 bits per heavy atom. The second-order valence-corrected chi connectivity index (χ2v) is 9.45. The lowest BCUT2D eigenvalue weighted by atomic mass is 10.1. The highest BCUT2D eigenvalue weighted by Crippen LogP contribution is 2.24. The molecule has 4 rings (SSSR count). The summed E-state index contributed by atoms with van der Waals surface area (Å²) in [5.74, 6) is -0.470. The lowest BCUT2D eigenvalue weighted by Gasteiger charge is -2.36. The number of ether oxygens (including phenoxy) is 1. The Morgan fingerprint density at radius 2 is 1.91 bits per heavy atom. The van der Waals surface area contributed by atoms with Gasteiger partial charge in [-0.1, -0.05) is 0 Å². The number of carboxylic acid groups (broad SMARTS) is 1. The summed E-state index contributed by atoms with van der Waals surface area (Å²) < 4.78 is 6.63. The number of carbonyl (C=O) groups is 2. The summed E-state index contributed by atoms with van der Waals surface area (Å²) in [5.41, 5.74) is 2.95. The average Bonchev–Trinajstić information content (AvgIpc) is 3.37. The van der Waals surface area contributed by atoms with Crippen LogP contribution in [-0.2, 0) is 20.7 Å². The van der Waals surface area contributed by atoms with Crippen molar-refractivity contribution in [1.82, 2.24) is 14.9 Å². The third kappa shape index (κ3) is 6.66. The summed E-state index contributed by atoms with van der Waals surface area (Å²) in [6.45, 7) is 3.49. The molecule has 2 aliphatic rings. The molecule has 2 N–H and O–H groups in total. The van der Waals surface area contributed by atoms with Crippen LogP contribution >= 0.6 is 15.9 Å². The van der Waals surface area contributed by atoms with Gasteiger partial charge in [0.2, 0.25) is 11.9 Å². The number of carboxylic acids is 1. The molecule has 1 aromatic carbocycles. The Bertz CT molecular complexity index is 989. The average molecular weight is 532 g/mol. The summed E-state index contributed by atoms with van der Waals surface area (Å²) >= 11 is 3.56. The smallest absolute Gasteiger partial charge is 0.303 e. The summed E-state index contributed by atoms with van der Waals surface area (Å²) in [6, 6.07) is 8.08. The number of amides is 1. The zero-order valence-electron chi connectivity index (χ0n) is 19.1. The number of hydrogen-bond donors (Lipinski definition) is 2. The van der Waals surface area contributed by atoms with Crippen molar-refractivity contribution in [3.63, 3.8) is 0 Å². The van der Waals surface area contributed by atoms with E-state index in [0.29, 0.717) is 25.1 Å². The van der Waals surface area contributed by atoms with Gasteiger partial charge in [0.15, 0.2) is 0 Å². The number of piperazine rings is 1. The topological polar surface area (TPSA) is 108 Å². The van der Waals surface area contributed by atoms with Crippen molar-refractivity contribution in [2.45, 2.75) is 44.6 Å². The first-order chi connectivity index (χ1) is 16.5. The van der Waals surface area contributed by atoms with E-state index >= 15 is 0 Å². The number of hydrogen-bond acceptors (Lipinski definition) is 7. The van der Waals surface area contributed by atoms with E-state index in [-0.39, 0.29) is 18.7 Å². The molecule has 34 heavy (non-hydrogen) atoms. The first-order valence-corrected chi connectivity index (χ1v) is 12.5.